The third-order valence-corrected chi connectivity index (χ3v) is 4.11. The Bertz CT molecular complexity index is 850. The Morgan fingerprint density at radius 3 is 2.52 bits per heavy atom. The molecule has 1 amide bonds. The molecular formula is C19H23ClN6O. The Hall–Kier alpha value is -2.77. The molecule has 0 aliphatic heterocycles. The molecule has 1 unspecified atom stereocenters. The SMILES string of the molecule is CC(CN)C(=O)Nc1ccc(CCn2nnc(-c3ccccc3)n2)cc1.Cl. The van der Waals surface area contributed by atoms with Gasteiger partial charge in [-0.15, -0.1) is 22.6 Å². The smallest absolute Gasteiger partial charge is 0.228 e. The van der Waals surface area contributed by atoms with Gasteiger partial charge in [0, 0.05) is 23.7 Å². The van der Waals surface area contributed by atoms with Crippen LogP contribution in [0.15, 0.2) is 54.6 Å². The number of anilines is 1. The first-order valence-electron chi connectivity index (χ1n) is 8.59. The normalized spacial score (nSPS) is 11.5. The van der Waals surface area contributed by atoms with Crippen molar-refractivity contribution in [3.8, 4) is 11.4 Å². The van der Waals surface area contributed by atoms with Crippen LogP contribution < -0.4 is 11.1 Å². The molecule has 0 aliphatic rings. The number of hydrogen-bond donors (Lipinski definition) is 2. The molecule has 0 fully saturated rings. The highest BCUT2D eigenvalue weighted by Crippen LogP contribution is 2.13. The number of hydrogen-bond acceptors (Lipinski definition) is 5. The molecule has 142 valence electrons. The van der Waals surface area contributed by atoms with Gasteiger partial charge in [0.05, 0.1) is 6.54 Å². The first kappa shape index (κ1) is 20.5. The van der Waals surface area contributed by atoms with Crippen molar-refractivity contribution in [2.45, 2.75) is 19.9 Å². The number of nitrogens with one attached hydrogen (secondary N) is 1. The lowest BCUT2D eigenvalue weighted by molar-refractivity contribution is -0.119. The molecule has 0 bridgehead atoms. The van der Waals surface area contributed by atoms with Gasteiger partial charge in [-0.1, -0.05) is 49.4 Å². The van der Waals surface area contributed by atoms with Crippen molar-refractivity contribution in [2.24, 2.45) is 11.7 Å². The zero-order chi connectivity index (χ0) is 18.4. The van der Waals surface area contributed by atoms with E-state index in [4.69, 9.17) is 5.73 Å². The van der Waals surface area contributed by atoms with Crippen molar-refractivity contribution in [3.05, 3.63) is 60.2 Å². The van der Waals surface area contributed by atoms with E-state index in [0.717, 1.165) is 23.2 Å². The predicted molar refractivity (Wildman–Crippen MR) is 107 cm³/mol. The lowest BCUT2D eigenvalue weighted by atomic mass is 10.1. The van der Waals surface area contributed by atoms with E-state index in [9.17, 15) is 4.79 Å². The van der Waals surface area contributed by atoms with Crippen molar-refractivity contribution in [3.63, 3.8) is 0 Å². The van der Waals surface area contributed by atoms with Crippen LogP contribution in [0.3, 0.4) is 0 Å². The van der Waals surface area contributed by atoms with Crippen LogP contribution in [-0.4, -0.2) is 32.7 Å². The Morgan fingerprint density at radius 2 is 1.85 bits per heavy atom. The molecule has 2 aromatic carbocycles. The van der Waals surface area contributed by atoms with Crippen LogP contribution in [0.4, 0.5) is 5.69 Å². The van der Waals surface area contributed by atoms with Crippen molar-refractivity contribution < 1.29 is 4.79 Å². The van der Waals surface area contributed by atoms with E-state index in [2.05, 4.69) is 20.7 Å². The maximum atomic E-state index is 11.8. The van der Waals surface area contributed by atoms with Gasteiger partial charge >= 0.3 is 0 Å². The van der Waals surface area contributed by atoms with E-state index < -0.39 is 0 Å². The van der Waals surface area contributed by atoms with Crippen molar-refractivity contribution >= 4 is 24.0 Å². The van der Waals surface area contributed by atoms with Crippen molar-refractivity contribution in [2.75, 3.05) is 11.9 Å². The van der Waals surface area contributed by atoms with Crippen LogP contribution in [0.2, 0.25) is 0 Å². The Balaban J connectivity index is 0.00000261. The summed E-state index contributed by atoms with van der Waals surface area (Å²) in [5.74, 6) is 0.352. The first-order chi connectivity index (χ1) is 12.7. The molecule has 0 saturated carbocycles. The second-order valence-corrected chi connectivity index (χ2v) is 6.15. The summed E-state index contributed by atoms with van der Waals surface area (Å²) in [5.41, 5.74) is 8.35. The van der Waals surface area contributed by atoms with E-state index in [0.29, 0.717) is 18.9 Å². The Morgan fingerprint density at radius 1 is 1.15 bits per heavy atom. The van der Waals surface area contributed by atoms with Gasteiger partial charge in [-0.05, 0) is 29.3 Å². The third kappa shape index (κ3) is 5.60. The fraction of sp³-hybridized carbons (Fsp3) is 0.263. The van der Waals surface area contributed by atoms with E-state index in [-0.39, 0.29) is 24.2 Å². The monoisotopic (exact) mass is 386 g/mol. The molecule has 3 rings (SSSR count). The quantitative estimate of drug-likeness (QED) is 0.650. The molecule has 1 atom stereocenters. The van der Waals surface area contributed by atoms with Crippen LogP contribution >= 0.6 is 12.4 Å². The zero-order valence-corrected chi connectivity index (χ0v) is 15.9. The average molecular weight is 387 g/mol. The van der Waals surface area contributed by atoms with E-state index in [1.165, 1.54) is 0 Å². The number of carbonyl (C=O) groups is 1. The molecular weight excluding hydrogens is 364 g/mol. The van der Waals surface area contributed by atoms with Crippen molar-refractivity contribution in [1.29, 1.82) is 0 Å². The summed E-state index contributed by atoms with van der Waals surface area (Å²) in [6.07, 6.45) is 0.776. The summed E-state index contributed by atoms with van der Waals surface area (Å²) in [4.78, 5) is 13.4. The van der Waals surface area contributed by atoms with Gasteiger partial charge < -0.3 is 11.1 Å². The van der Waals surface area contributed by atoms with Crippen LogP contribution in [-0.2, 0) is 17.8 Å². The van der Waals surface area contributed by atoms with Crippen molar-refractivity contribution in [1.82, 2.24) is 20.2 Å². The number of carbonyl (C=O) groups excluding carboxylic acids is 1. The summed E-state index contributed by atoms with van der Waals surface area (Å²) in [6.45, 7) is 2.77. The summed E-state index contributed by atoms with van der Waals surface area (Å²) >= 11 is 0. The molecule has 1 aromatic heterocycles. The summed E-state index contributed by atoms with van der Waals surface area (Å²) in [5, 5.41) is 15.5. The number of nitrogens with two attached hydrogens (primary N) is 1. The van der Waals surface area contributed by atoms with E-state index in [1.807, 2.05) is 54.6 Å². The van der Waals surface area contributed by atoms with E-state index in [1.54, 1.807) is 11.7 Å². The Labute approximate surface area is 164 Å². The fourth-order valence-corrected chi connectivity index (χ4v) is 2.40. The second-order valence-electron chi connectivity index (χ2n) is 6.15. The minimum absolute atomic E-state index is 0. The third-order valence-electron chi connectivity index (χ3n) is 4.11. The molecule has 0 spiro atoms. The topological polar surface area (TPSA) is 98.7 Å². The maximum Gasteiger partial charge on any atom is 0.228 e. The van der Waals surface area contributed by atoms with Gasteiger partial charge in [-0.3, -0.25) is 4.79 Å². The molecule has 0 aliphatic carbocycles. The number of halogens is 1. The van der Waals surface area contributed by atoms with Crippen LogP contribution in [0.5, 0.6) is 0 Å². The maximum absolute atomic E-state index is 11.8. The number of tetrazole rings is 1. The molecule has 8 heteroatoms. The number of amides is 1. The number of aromatic nitrogens is 4. The predicted octanol–water partition coefficient (Wildman–Crippen LogP) is 2.54. The lowest BCUT2D eigenvalue weighted by Crippen LogP contribution is -2.26. The average Bonchev–Trinajstić information content (AvgIpc) is 3.16. The fourth-order valence-electron chi connectivity index (χ4n) is 2.40. The van der Waals surface area contributed by atoms with Crippen LogP contribution in [0, 0.1) is 5.92 Å². The van der Waals surface area contributed by atoms with Gasteiger partial charge in [-0.2, -0.15) is 4.80 Å². The standard InChI is InChI=1S/C19H22N6O.ClH/c1-14(13-20)19(26)21-17-9-7-15(8-10-17)11-12-25-23-18(22-24-25)16-5-3-2-4-6-16;/h2-10,14H,11-13,20H2,1H3,(H,21,26);1H. The first-order valence-corrected chi connectivity index (χ1v) is 8.59. The molecule has 3 N–H and O–H groups in total. The van der Waals surface area contributed by atoms with Gasteiger partial charge in [0.1, 0.15) is 0 Å². The highest BCUT2D eigenvalue weighted by Gasteiger charge is 2.10. The van der Waals surface area contributed by atoms with Crippen LogP contribution in [0.25, 0.3) is 11.4 Å². The molecule has 27 heavy (non-hydrogen) atoms. The molecule has 1 heterocycles. The largest absolute Gasteiger partial charge is 0.330 e. The molecule has 0 saturated heterocycles. The molecule has 7 nitrogen and oxygen atoms in total. The summed E-state index contributed by atoms with van der Waals surface area (Å²) in [6, 6.07) is 17.5. The number of benzene rings is 2. The minimum atomic E-state index is -0.202. The van der Waals surface area contributed by atoms with E-state index >= 15 is 0 Å². The second kappa shape index (κ2) is 9.80. The molecule has 3 aromatic rings. The summed E-state index contributed by atoms with van der Waals surface area (Å²) < 4.78 is 0. The van der Waals surface area contributed by atoms with Gasteiger partial charge in [0.2, 0.25) is 11.7 Å². The van der Waals surface area contributed by atoms with Gasteiger partial charge in [-0.25, -0.2) is 0 Å². The zero-order valence-electron chi connectivity index (χ0n) is 15.1. The lowest BCUT2D eigenvalue weighted by Gasteiger charge is -2.10. The minimum Gasteiger partial charge on any atom is -0.330 e. The number of rotatable bonds is 7. The summed E-state index contributed by atoms with van der Waals surface area (Å²) in [7, 11) is 0. The number of nitrogens with zero attached hydrogens (tertiary/aromatic N) is 4. The highest BCUT2D eigenvalue weighted by molar-refractivity contribution is 5.92. The van der Waals surface area contributed by atoms with Gasteiger partial charge in [0.25, 0.3) is 0 Å². The Kier molecular flexibility index (Phi) is 7.45. The molecule has 0 radical (unpaired) electrons. The number of aryl methyl sites for hydroxylation is 2. The van der Waals surface area contributed by atoms with Crippen LogP contribution in [0.1, 0.15) is 12.5 Å². The highest BCUT2D eigenvalue weighted by atomic mass is 35.5. The van der Waals surface area contributed by atoms with Gasteiger partial charge in [0.15, 0.2) is 0 Å².